The maximum Gasteiger partial charge on any atom is 0.241 e. The van der Waals surface area contributed by atoms with Crippen LogP contribution >= 0.6 is 0 Å². The molecule has 2 aromatic rings. The topological polar surface area (TPSA) is 121 Å². The van der Waals surface area contributed by atoms with Gasteiger partial charge < -0.3 is 20.8 Å². The summed E-state index contributed by atoms with van der Waals surface area (Å²) in [5, 5.41) is 24.7. The number of anilines is 2. The molecule has 9 heteroatoms. The van der Waals surface area contributed by atoms with Gasteiger partial charge in [0.05, 0.1) is 6.61 Å². The molecule has 2 heterocycles. The van der Waals surface area contributed by atoms with Crippen molar-refractivity contribution in [1.82, 2.24) is 24.5 Å². The average Bonchev–Trinajstić information content (AvgIpc) is 3.00. The van der Waals surface area contributed by atoms with Crippen molar-refractivity contribution >= 4 is 11.9 Å². The molecule has 2 rings (SSSR count). The van der Waals surface area contributed by atoms with Crippen molar-refractivity contribution in [2.75, 3.05) is 30.3 Å². The molecule has 0 saturated heterocycles. The number of hydrogen-bond donors (Lipinski definition) is 4. The van der Waals surface area contributed by atoms with Crippen LogP contribution in [0.5, 0.6) is 0 Å². The molecular formula is C12H19N7O2. The predicted molar refractivity (Wildman–Crippen MR) is 77.3 cm³/mol. The van der Waals surface area contributed by atoms with Gasteiger partial charge in [0.25, 0.3) is 0 Å². The smallest absolute Gasteiger partial charge is 0.241 e. The summed E-state index contributed by atoms with van der Waals surface area (Å²) in [6, 6.07) is 0. The van der Waals surface area contributed by atoms with E-state index >= 15 is 0 Å². The molecular weight excluding hydrogens is 274 g/mol. The van der Waals surface area contributed by atoms with Crippen LogP contribution < -0.4 is 10.6 Å². The summed E-state index contributed by atoms with van der Waals surface area (Å²) in [4.78, 5) is 16.7. The van der Waals surface area contributed by atoms with Gasteiger partial charge in [-0.15, -0.1) is 0 Å². The van der Waals surface area contributed by atoms with Crippen LogP contribution in [0.1, 0.15) is 13.8 Å². The van der Waals surface area contributed by atoms with Gasteiger partial charge in [0.15, 0.2) is 0 Å². The molecule has 21 heavy (non-hydrogen) atoms. The van der Waals surface area contributed by atoms with Crippen LogP contribution in [0.4, 0.5) is 11.9 Å². The monoisotopic (exact) mass is 293 g/mol. The lowest BCUT2D eigenvalue weighted by Crippen LogP contribution is -2.37. The number of aromatic nitrogens is 5. The Kier molecular flexibility index (Phi) is 4.66. The van der Waals surface area contributed by atoms with E-state index in [1.165, 1.54) is 6.92 Å². The minimum Gasteiger partial charge on any atom is -0.393 e. The van der Waals surface area contributed by atoms with Crippen molar-refractivity contribution in [3.05, 3.63) is 18.7 Å². The zero-order valence-corrected chi connectivity index (χ0v) is 12.0. The van der Waals surface area contributed by atoms with Crippen molar-refractivity contribution in [2.24, 2.45) is 0 Å². The molecule has 0 amide bonds. The first-order valence-corrected chi connectivity index (χ1v) is 6.59. The lowest BCUT2D eigenvalue weighted by atomic mass is 10.1. The molecule has 0 bridgehead atoms. The SMILES string of the molecule is CCNc1nc(NCC(C)(O)CO)nc(-n2ccnc2)n1. The lowest BCUT2D eigenvalue weighted by Gasteiger charge is -2.20. The number of nitrogens with zero attached hydrogens (tertiary/aromatic N) is 5. The summed E-state index contributed by atoms with van der Waals surface area (Å²) in [7, 11) is 0. The van der Waals surface area contributed by atoms with E-state index in [0.29, 0.717) is 24.4 Å². The molecule has 0 saturated carbocycles. The fourth-order valence-electron chi connectivity index (χ4n) is 1.50. The maximum atomic E-state index is 9.80. The summed E-state index contributed by atoms with van der Waals surface area (Å²) < 4.78 is 1.65. The van der Waals surface area contributed by atoms with Gasteiger partial charge in [0.2, 0.25) is 17.8 Å². The van der Waals surface area contributed by atoms with E-state index < -0.39 is 5.60 Å². The van der Waals surface area contributed by atoms with Crippen LogP contribution in [-0.4, -0.2) is 60.0 Å². The molecule has 9 nitrogen and oxygen atoms in total. The number of aliphatic hydroxyl groups excluding tert-OH is 1. The third kappa shape index (κ3) is 4.10. The minimum atomic E-state index is -1.25. The van der Waals surface area contributed by atoms with E-state index in [4.69, 9.17) is 5.11 Å². The van der Waals surface area contributed by atoms with Crippen LogP contribution in [0.25, 0.3) is 5.95 Å². The van der Waals surface area contributed by atoms with Crippen LogP contribution in [-0.2, 0) is 0 Å². The first-order valence-electron chi connectivity index (χ1n) is 6.59. The van der Waals surface area contributed by atoms with Crippen molar-refractivity contribution in [2.45, 2.75) is 19.4 Å². The van der Waals surface area contributed by atoms with Gasteiger partial charge in [-0.05, 0) is 13.8 Å². The highest BCUT2D eigenvalue weighted by atomic mass is 16.3. The molecule has 1 unspecified atom stereocenters. The lowest BCUT2D eigenvalue weighted by molar-refractivity contribution is 0.0131. The highest BCUT2D eigenvalue weighted by Crippen LogP contribution is 2.10. The quantitative estimate of drug-likeness (QED) is 0.546. The Hall–Kier alpha value is -2.26. The third-order valence-electron chi connectivity index (χ3n) is 2.66. The van der Waals surface area contributed by atoms with E-state index in [-0.39, 0.29) is 13.2 Å². The summed E-state index contributed by atoms with van der Waals surface area (Å²) in [6.45, 7) is 3.87. The van der Waals surface area contributed by atoms with Gasteiger partial charge in [-0.25, -0.2) is 4.98 Å². The first kappa shape index (κ1) is 15.1. The predicted octanol–water partition coefficient (Wildman–Crippen LogP) is -0.356. The molecule has 4 N–H and O–H groups in total. The Morgan fingerprint density at radius 2 is 1.95 bits per heavy atom. The molecule has 0 aliphatic carbocycles. The van der Waals surface area contributed by atoms with Crippen molar-refractivity contribution in [3.8, 4) is 5.95 Å². The second-order valence-electron chi connectivity index (χ2n) is 4.79. The normalized spacial score (nSPS) is 13.7. The first-order chi connectivity index (χ1) is 10.0. The van der Waals surface area contributed by atoms with Gasteiger partial charge in [0.1, 0.15) is 11.9 Å². The average molecular weight is 293 g/mol. The fraction of sp³-hybridized carbons (Fsp3) is 0.500. The number of imidazole rings is 1. The number of aliphatic hydroxyl groups is 2. The zero-order chi connectivity index (χ0) is 15.3. The Bertz CT molecular complexity index is 571. The van der Waals surface area contributed by atoms with Crippen molar-refractivity contribution in [1.29, 1.82) is 0 Å². The van der Waals surface area contributed by atoms with E-state index in [0.717, 1.165) is 0 Å². The van der Waals surface area contributed by atoms with Crippen LogP contribution in [0.3, 0.4) is 0 Å². The van der Waals surface area contributed by atoms with E-state index in [1.807, 2.05) is 6.92 Å². The summed E-state index contributed by atoms with van der Waals surface area (Å²) in [6.07, 6.45) is 4.93. The zero-order valence-electron chi connectivity index (χ0n) is 12.0. The summed E-state index contributed by atoms with van der Waals surface area (Å²) >= 11 is 0. The number of hydrogen-bond acceptors (Lipinski definition) is 8. The van der Waals surface area contributed by atoms with E-state index in [2.05, 4.69) is 30.6 Å². The number of rotatable bonds is 7. The standard InChI is InChI=1S/C12H19N7O2/c1-3-14-9-16-10(15-6-12(2,21)7-20)18-11(17-9)19-5-4-13-8-19/h4-5,8,20-21H,3,6-7H2,1-2H3,(H2,14,15,16,17,18). The van der Waals surface area contributed by atoms with E-state index in [9.17, 15) is 5.11 Å². The largest absolute Gasteiger partial charge is 0.393 e. The molecule has 0 fully saturated rings. The van der Waals surface area contributed by atoms with Crippen molar-refractivity contribution in [3.63, 3.8) is 0 Å². The second kappa shape index (κ2) is 6.46. The maximum absolute atomic E-state index is 9.80. The van der Waals surface area contributed by atoms with Gasteiger partial charge in [0, 0.05) is 25.5 Å². The van der Waals surface area contributed by atoms with E-state index in [1.54, 1.807) is 23.3 Å². The Labute approximate surface area is 122 Å². The van der Waals surface area contributed by atoms with Crippen LogP contribution in [0, 0.1) is 0 Å². The Balaban J connectivity index is 2.24. The molecule has 2 aromatic heterocycles. The van der Waals surface area contributed by atoms with Gasteiger partial charge >= 0.3 is 0 Å². The van der Waals surface area contributed by atoms with Crippen LogP contribution in [0.15, 0.2) is 18.7 Å². The van der Waals surface area contributed by atoms with Crippen molar-refractivity contribution < 1.29 is 10.2 Å². The molecule has 1 atom stereocenters. The molecule has 0 radical (unpaired) electrons. The van der Waals surface area contributed by atoms with Crippen LogP contribution in [0.2, 0.25) is 0 Å². The third-order valence-corrected chi connectivity index (χ3v) is 2.66. The molecule has 0 aliphatic heterocycles. The summed E-state index contributed by atoms with van der Waals surface area (Å²) in [5.41, 5.74) is -1.25. The number of nitrogens with one attached hydrogen (secondary N) is 2. The van der Waals surface area contributed by atoms with Gasteiger partial charge in [-0.1, -0.05) is 0 Å². The summed E-state index contributed by atoms with van der Waals surface area (Å²) in [5.74, 6) is 1.13. The highest BCUT2D eigenvalue weighted by molar-refractivity contribution is 5.38. The molecule has 0 aromatic carbocycles. The highest BCUT2D eigenvalue weighted by Gasteiger charge is 2.19. The molecule has 0 spiro atoms. The molecule has 114 valence electrons. The van der Waals surface area contributed by atoms with Gasteiger partial charge in [-0.3, -0.25) is 4.57 Å². The molecule has 0 aliphatic rings. The minimum absolute atomic E-state index is 0.114. The Morgan fingerprint density at radius 1 is 1.24 bits per heavy atom. The van der Waals surface area contributed by atoms with Gasteiger partial charge in [-0.2, -0.15) is 15.0 Å². The Morgan fingerprint density at radius 3 is 2.52 bits per heavy atom. The fourth-order valence-corrected chi connectivity index (χ4v) is 1.50. The second-order valence-corrected chi connectivity index (χ2v) is 4.79.